The predicted molar refractivity (Wildman–Crippen MR) is 97.1 cm³/mol. The molecule has 0 spiro atoms. The van der Waals surface area contributed by atoms with Gasteiger partial charge in [0.2, 0.25) is 0 Å². The molecule has 0 N–H and O–H groups in total. The summed E-state index contributed by atoms with van der Waals surface area (Å²) in [7, 11) is 3.28. The summed E-state index contributed by atoms with van der Waals surface area (Å²) in [6.07, 6.45) is 2.96. The molecule has 0 radical (unpaired) electrons. The molecule has 2 aromatic rings. The first-order valence-corrected chi connectivity index (χ1v) is 8.05. The Bertz CT molecular complexity index is 800. The summed E-state index contributed by atoms with van der Waals surface area (Å²) in [5.41, 5.74) is 1.13. The number of likely N-dealkylation sites (N-methyl/N-ethyl adjacent to an activating group) is 1. The number of halogens is 2. The second kappa shape index (κ2) is 9.47. The van der Waals surface area contributed by atoms with Crippen LogP contribution < -0.4 is 9.47 Å². The summed E-state index contributed by atoms with van der Waals surface area (Å²) in [5, 5.41) is 0. The van der Waals surface area contributed by atoms with Crippen molar-refractivity contribution in [2.75, 3.05) is 20.7 Å². The minimum atomic E-state index is -2.87. The Balaban J connectivity index is 1.93. The minimum absolute atomic E-state index is 0.0526. The number of hydrogen-bond donors (Lipinski definition) is 0. The SMILES string of the molecule is CN(C)C(=O)COc1ccc(C(=O)/C=C/c2ccc(OC(F)F)cc2)cc1. The summed E-state index contributed by atoms with van der Waals surface area (Å²) < 4.78 is 33.8. The average molecular weight is 375 g/mol. The van der Waals surface area contributed by atoms with Crippen molar-refractivity contribution in [3.05, 3.63) is 65.7 Å². The van der Waals surface area contributed by atoms with Crippen LogP contribution in [0.3, 0.4) is 0 Å². The van der Waals surface area contributed by atoms with E-state index in [9.17, 15) is 18.4 Å². The maximum absolute atomic E-state index is 12.2. The van der Waals surface area contributed by atoms with Crippen molar-refractivity contribution in [2.45, 2.75) is 6.61 Å². The highest BCUT2D eigenvalue weighted by atomic mass is 19.3. The van der Waals surface area contributed by atoms with Gasteiger partial charge in [0.05, 0.1) is 0 Å². The lowest BCUT2D eigenvalue weighted by Gasteiger charge is -2.11. The fourth-order valence-electron chi connectivity index (χ4n) is 2.02. The smallest absolute Gasteiger partial charge is 0.387 e. The normalized spacial score (nSPS) is 10.9. The van der Waals surface area contributed by atoms with Gasteiger partial charge in [-0.1, -0.05) is 18.2 Å². The Morgan fingerprint density at radius 1 is 1.00 bits per heavy atom. The highest BCUT2D eigenvalue weighted by molar-refractivity contribution is 6.06. The Hall–Kier alpha value is -3.22. The molecule has 142 valence electrons. The number of benzene rings is 2. The molecule has 0 aliphatic carbocycles. The minimum Gasteiger partial charge on any atom is -0.484 e. The Labute approximate surface area is 155 Å². The lowest BCUT2D eigenvalue weighted by Crippen LogP contribution is -2.27. The van der Waals surface area contributed by atoms with Gasteiger partial charge >= 0.3 is 6.61 Å². The first kappa shape index (κ1) is 20.1. The Morgan fingerprint density at radius 2 is 1.59 bits per heavy atom. The van der Waals surface area contributed by atoms with Crippen molar-refractivity contribution in [3.63, 3.8) is 0 Å². The number of nitrogens with zero attached hydrogens (tertiary/aromatic N) is 1. The molecule has 7 heteroatoms. The molecule has 0 unspecified atom stereocenters. The fraction of sp³-hybridized carbons (Fsp3) is 0.200. The van der Waals surface area contributed by atoms with Gasteiger partial charge in [-0.15, -0.1) is 0 Å². The van der Waals surface area contributed by atoms with Crippen molar-refractivity contribution in [3.8, 4) is 11.5 Å². The molecule has 2 rings (SSSR count). The molecule has 1 amide bonds. The van der Waals surface area contributed by atoms with Gasteiger partial charge in [0.15, 0.2) is 12.4 Å². The Morgan fingerprint density at radius 3 is 2.15 bits per heavy atom. The summed E-state index contributed by atoms with van der Waals surface area (Å²) in [4.78, 5) is 25.1. The van der Waals surface area contributed by atoms with Gasteiger partial charge in [-0.25, -0.2) is 0 Å². The second-order valence-electron chi connectivity index (χ2n) is 5.75. The molecular weight excluding hydrogens is 356 g/mol. The molecular formula is C20H19F2NO4. The number of carbonyl (C=O) groups is 2. The van der Waals surface area contributed by atoms with Crippen LogP contribution in [0, 0.1) is 0 Å². The molecule has 0 saturated carbocycles. The summed E-state index contributed by atoms with van der Waals surface area (Å²) in [5.74, 6) is 0.152. The summed E-state index contributed by atoms with van der Waals surface area (Å²) in [6, 6.07) is 12.4. The third-order valence-electron chi connectivity index (χ3n) is 3.53. The number of ketones is 1. The van der Waals surface area contributed by atoms with E-state index in [2.05, 4.69) is 4.74 Å². The monoisotopic (exact) mass is 375 g/mol. The molecule has 0 saturated heterocycles. The van der Waals surface area contributed by atoms with E-state index in [1.807, 2.05) is 0 Å². The van der Waals surface area contributed by atoms with E-state index in [1.165, 1.54) is 23.1 Å². The van der Waals surface area contributed by atoms with Crippen LogP contribution in [0.4, 0.5) is 8.78 Å². The van der Waals surface area contributed by atoms with E-state index in [1.54, 1.807) is 56.6 Å². The molecule has 0 aromatic heterocycles. The number of hydrogen-bond acceptors (Lipinski definition) is 4. The van der Waals surface area contributed by atoms with Crippen LogP contribution in [-0.2, 0) is 4.79 Å². The van der Waals surface area contributed by atoms with Crippen LogP contribution in [0.5, 0.6) is 11.5 Å². The van der Waals surface area contributed by atoms with Gasteiger partial charge < -0.3 is 14.4 Å². The highest BCUT2D eigenvalue weighted by Gasteiger charge is 2.07. The van der Waals surface area contributed by atoms with Crippen molar-refractivity contribution in [1.82, 2.24) is 4.90 Å². The number of carbonyl (C=O) groups excluding carboxylic acids is 2. The fourth-order valence-corrected chi connectivity index (χ4v) is 2.02. The van der Waals surface area contributed by atoms with Crippen LogP contribution in [0.1, 0.15) is 15.9 Å². The van der Waals surface area contributed by atoms with Crippen LogP contribution in [0.15, 0.2) is 54.6 Å². The van der Waals surface area contributed by atoms with Crippen LogP contribution in [0.2, 0.25) is 0 Å². The van der Waals surface area contributed by atoms with Crippen LogP contribution in [-0.4, -0.2) is 43.9 Å². The molecule has 0 fully saturated rings. The number of ether oxygens (including phenoxy) is 2. The van der Waals surface area contributed by atoms with Crippen molar-refractivity contribution >= 4 is 17.8 Å². The summed E-state index contributed by atoms with van der Waals surface area (Å²) >= 11 is 0. The van der Waals surface area contributed by atoms with Crippen LogP contribution in [0.25, 0.3) is 6.08 Å². The highest BCUT2D eigenvalue weighted by Crippen LogP contribution is 2.17. The van der Waals surface area contributed by atoms with Gasteiger partial charge in [0.25, 0.3) is 5.91 Å². The summed E-state index contributed by atoms with van der Waals surface area (Å²) in [6.45, 7) is -2.95. The molecule has 0 bridgehead atoms. The van der Waals surface area contributed by atoms with E-state index in [0.29, 0.717) is 16.9 Å². The van der Waals surface area contributed by atoms with Crippen molar-refractivity contribution < 1.29 is 27.8 Å². The lowest BCUT2D eigenvalue weighted by atomic mass is 10.1. The molecule has 0 atom stereocenters. The Kier molecular flexibility index (Phi) is 7.05. The topological polar surface area (TPSA) is 55.8 Å². The van der Waals surface area contributed by atoms with Crippen molar-refractivity contribution in [2.24, 2.45) is 0 Å². The third-order valence-corrected chi connectivity index (χ3v) is 3.53. The van der Waals surface area contributed by atoms with Gasteiger partial charge in [-0.2, -0.15) is 8.78 Å². The maximum Gasteiger partial charge on any atom is 0.387 e. The number of allylic oxidation sites excluding steroid dienone is 1. The molecule has 5 nitrogen and oxygen atoms in total. The van der Waals surface area contributed by atoms with E-state index < -0.39 is 6.61 Å². The number of alkyl halides is 2. The van der Waals surface area contributed by atoms with Crippen molar-refractivity contribution in [1.29, 1.82) is 0 Å². The second-order valence-corrected chi connectivity index (χ2v) is 5.75. The zero-order valence-electron chi connectivity index (χ0n) is 14.9. The molecule has 0 aliphatic rings. The number of rotatable bonds is 8. The first-order valence-electron chi connectivity index (χ1n) is 8.05. The van der Waals surface area contributed by atoms with E-state index in [-0.39, 0.29) is 24.0 Å². The van der Waals surface area contributed by atoms with Gasteiger partial charge in [0, 0.05) is 19.7 Å². The molecule has 27 heavy (non-hydrogen) atoms. The van der Waals surface area contributed by atoms with E-state index in [4.69, 9.17) is 4.74 Å². The predicted octanol–water partition coefficient (Wildman–Crippen LogP) is 3.65. The van der Waals surface area contributed by atoms with Gasteiger partial charge in [0.1, 0.15) is 11.5 Å². The number of amides is 1. The third kappa shape index (κ3) is 6.54. The lowest BCUT2D eigenvalue weighted by molar-refractivity contribution is -0.130. The maximum atomic E-state index is 12.2. The van der Waals surface area contributed by atoms with Gasteiger partial charge in [-0.3, -0.25) is 9.59 Å². The zero-order chi connectivity index (χ0) is 19.8. The van der Waals surface area contributed by atoms with Gasteiger partial charge in [-0.05, 0) is 48.0 Å². The van der Waals surface area contributed by atoms with E-state index >= 15 is 0 Å². The molecule has 0 aliphatic heterocycles. The standard InChI is InChI=1S/C20H19F2NO4/c1-23(2)19(25)13-26-16-10-6-15(7-11-16)18(24)12-5-14-3-8-17(9-4-14)27-20(21)22/h3-12,20H,13H2,1-2H3/b12-5+. The molecule has 2 aromatic carbocycles. The van der Waals surface area contributed by atoms with Crippen LogP contribution >= 0.6 is 0 Å². The molecule has 0 heterocycles. The average Bonchev–Trinajstić information content (AvgIpc) is 2.65. The first-order chi connectivity index (χ1) is 12.8. The van der Waals surface area contributed by atoms with E-state index in [0.717, 1.165) is 0 Å². The quantitative estimate of drug-likeness (QED) is 0.522. The zero-order valence-corrected chi connectivity index (χ0v) is 14.9. The largest absolute Gasteiger partial charge is 0.484 e.